The van der Waals surface area contributed by atoms with Crippen molar-refractivity contribution in [3.63, 3.8) is 0 Å². The summed E-state index contributed by atoms with van der Waals surface area (Å²) in [5, 5.41) is 17.3. The van der Waals surface area contributed by atoms with E-state index in [1.54, 1.807) is 6.07 Å². The summed E-state index contributed by atoms with van der Waals surface area (Å²) in [6, 6.07) is 4.52. The minimum atomic E-state index is -3.69. The Balaban J connectivity index is 2.88. The molecule has 1 aromatic carbocycles. The molecular weight excluding hydrogens is 320 g/mol. The number of nitrogens with two attached hydrogens (primary N) is 1. The number of rotatable bonds is 5. The van der Waals surface area contributed by atoms with Crippen LogP contribution >= 0.6 is 15.9 Å². The first-order valence-corrected chi connectivity index (χ1v) is 7.67. The molecule has 0 fully saturated rings. The topological polar surface area (TPSA) is 92.4 Å². The summed E-state index contributed by atoms with van der Waals surface area (Å²) in [5.41, 5.74) is 0.502. The van der Waals surface area contributed by atoms with Crippen molar-refractivity contribution in [1.82, 2.24) is 0 Å². The number of hydrogen-bond donors (Lipinski definition) is 3. The highest BCUT2D eigenvalue weighted by Gasteiger charge is 2.17. The lowest BCUT2D eigenvalue weighted by Crippen LogP contribution is -2.26. The zero-order valence-electron chi connectivity index (χ0n) is 10.3. The van der Waals surface area contributed by atoms with Crippen LogP contribution in [0, 0.1) is 5.41 Å². The average Bonchev–Trinajstić information content (AvgIpc) is 2.26. The molecule has 1 rings (SSSR count). The number of aliphatic hydroxyl groups is 1. The molecule has 0 aliphatic rings. The second-order valence-electron chi connectivity index (χ2n) is 4.86. The maximum Gasteiger partial charge on any atom is 0.238 e. The Kier molecular flexibility index (Phi) is 4.77. The van der Waals surface area contributed by atoms with Crippen LogP contribution in [0.2, 0.25) is 0 Å². The van der Waals surface area contributed by atoms with Crippen LogP contribution in [-0.2, 0) is 10.0 Å². The van der Waals surface area contributed by atoms with Crippen LogP contribution in [0.15, 0.2) is 27.6 Å². The molecule has 18 heavy (non-hydrogen) atoms. The third-order valence-electron chi connectivity index (χ3n) is 2.45. The lowest BCUT2D eigenvalue weighted by atomic mass is 9.95. The van der Waals surface area contributed by atoms with Crippen molar-refractivity contribution in [1.29, 1.82) is 0 Å². The van der Waals surface area contributed by atoms with Gasteiger partial charge in [-0.3, -0.25) is 0 Å². The first-order valence-electron chi connectivity index (χ1n) is 5.33. The summed E-state index contributed by atoms with van der Waals surface area (Å²) in [6.45, 7) is 4.48. The monoisotopic (exact) mass is 336 g/mol. The summed E-state index contributed by atoms with van der Waals surface area (Å²) in [5.74, 6) is 0. The Morgan fingerprint density at radius 3 is 2.50 bits per heavy atom. The molecule has 0 aliphatic heterocycles. The Labute approximate surface area is 116 Å². The third kappa shape index (κ3) is 4.24. The van der Waals surface area contributed by atoms with E-state index < -0.39 is 10.0 Å². The number of sulfonamides is 1. The molecule has 7 heteroatoms. The second kappa shape index (κ2) is 5.56. The summed E-state index contributed by atoms with van der Waals surface area (Å²) in [6.07, 6.45) is 0. The highest BCUT2D eigenvalue weighted by Crippen LogP contribution is 2.26. The summed E-state index contributed by atoms with van der Waals surface area (Å²) in [4.78, 5) is 0.0568. The fourth-order valence-electron chi connectivity index (χ4n) is 1.21. The van der Waals surface area contributed by atoms with Crippen molar-refractivity contribution < 1.29 is 13.5 Å². The molecule has 0 aromatic heterocycles. The fraction of sp³-hybridized carbons (Fsp3) is 0.455. The van der Waals surface area contributed by atoms with E-state index >= 15 is 0 Å². The second-order valence-corrected chi connectivity index (χ2v) is 7.28. The predicted molar refractivity (Wildman–Crippen MR) is 74.9 cm³/mol. The predicted octanol–water partition coefficient (Wildman–Crippen LogP) is 1.53. The molecule has 0 unspecified atom stereocenters. The van der Waals surface area contributed by atoms with Gasteiger partial charge in [-0.25, -0.2) is 13.6 Å². The van der Waals surface area contributed by atoms with Crippen molar-refractivity contribution in [2.75, 3.05) is 18.5 Å². The van der Waals surface area contributed by atoms with Gasteiger partial charge in [0.1, 0.15) is 0 Å². The van der Waals surface area contributed by atoms with Gasteiger partial charge in [0.25, 0.3) is 0 Å². The Morgan fingerprint density at radius 1 is 1.44 bits per heavy atom. The van der Waals surface area contributed by atoms with Gasteiger partial charge in [-0.15, -0.1) is 0 Å². The zero-order valence-corrected chi connectivity index (χ0v) is 12.7. The Morgan fingerprint density at radius 2 is 2.06 bits per heavy atom. The van der Waals surface area contributed by atoms with Crippen molar-refractivity contribution in [2.24, 2.45) is 10.6 Å². The lowest BCUT2D eigenvalue weighted by molar-refractivity contribution is 0.171. The van der Waals surface area contributed by atoms with Gasteiger partial charge in [0.15, 0.2) is 0 Å². The Bertz CT molecular complexity index is 529. The lowest BCUT2D eigenvalue weighted by Gasteiger charge is -2.23. The van der Waals surface area contributed by atoms with Crippen molar-refractivity contribution >= 4 is 31.6 Å². The van der Waals surface area contributed by atoms with Gasteiger partial charge in [-0.05, 0) is 34.1 Å². The van der Waals surface area contributed by atoms with Crippen LogP contribution in [0.4, 0.5) is 5.69 Å². The first kappa shape index (κ1) is 15.4. The third-order valence-corrected chi connectivity index (χ3v) is 4.02. The van der Waals surface area contributed by atoms with Gasteiger partial charge in [0, 0.05) is 28.7 Å². The van der Waals surface area contributed by atoms with Crippen molar-refractivity contribution in [3.05, 3.63) is 22.7 Å². The molecule has 0 saturated heterocycles. The van der Waals surface area contributed by atoms with Gasteiger partial charge >= 0.3 is 0 Å². The van der Waals surface area contributed by atoms with Gasteiger partial charge in [0.05, 0.1) is 4.90 Å². The molecule has 102 valence electrons. The highest BCUT2D eigenvalue weighted by molar-refractivity contribution is 9.10. The smallest absolute Gasteiger partial charge is 0.238 e. The number of benzene rings is 1. The van der Waals surface area contributed by atoms with E-state index in [-0.39, 0.29) is 16.9 Å². The van der Waals surface area contributed by atoms with E-state index in [9.17, 15) is 8.42 Å². The van der Waals surface area contributed by atoms with Crippen LogP contribution < -0.4 is 10.5 Å². The van der Waals surface area contributed by atoms with Crippen LogP contribution in [0.3, 0.4) is 0 Å². The van der Waals surface area contributed by atoms with Crippen LogP contribution in [0.25, 0.3) is 0 Å². The van der Waals surface area contributed by atoms with Crippen molar-refractivity contribution in [2.45, 2.75) is 18.7 Å². The minimum Gasteiger partial charge on any atom is -0.396 e. The standard InChI is InChI=1S/C11H17BrN2O3S/c1-11(2,7-15)6-14-10-4-3-8(5-9(10)12)18(13,16)17/h3-5,14-15H,6-7H2,1-2H3,(H2,13,16,17). The van der Waals surface area contributed by atoms with E-state index in [1.807, 2.05) is 13.8 Å². The molecule has 0 amide bonds. The number of halogens is 1. The zero-order chi connectivity index (χ0) is 14.0. The normalized spacial score (nSPS) is 12.5. The number of nitrogens with one attached hydrogen (secondary N) is 1. The molecule has 0 bridgehead atoms. The quantitative estimate of drug-likeness (QED) is 0.760. The number of primary sulfonamides is 1. The van der Waals surface area contributed by atoms with E-state index in [2.05, 4.69) is 21.2 Å². The number of hydrogen-bond acceptors (Lipinski definition) is 4. The molecule has 5 nitrogen and oxygen atoms in total. The fourth-order valence-corrected chi connectivity index (χ4v) is 2.42. The average molecular weight is 337 g/mol. The summed E-state index contributed by atoms with van der Waals surface area (Å²) < 4.78 is 22.9. The van der Waals surface area contributed by atoms with Crippen LogP contribution in [0.5, 0.6) is 0 Å². The van der Waals surface area contributed by atoms with Crippen molar-refractivity contribution in [3.8, 4) is 0 Å². The van der Waals surface area contributed by atoms with E-state index in [1.165, 1.54) is 12.1 Å². The molecule has 0 heterocycles. The van der Waals surface area contributed by atoms with Gasteiger partial charge < -0.3 is 10.4 Å². The van der Waals surface area contributed by atoms with E-state index in [0.29, 0.717) is 11.0 Å². The molecule has 4 N–H and O–H groups in total. The maximum atomic E-state index is 11.2. The van der Waals surface area contributed by atoms with E-state index in [0.717, 1.165) is 5.69 Å². The van der Waals surface area contributed by atoms with Gasteiger partial charge in [-0.2, -0.15) is 0 Å². The molecule has 0 aliphatic carbocycles. The summed E-state index contributed by atoms with van der Waals surface area (Å²) in [7, 11) is -3.69. The molecular formula is C11H17BrN2O3S. The molecule has 0 saturated carbocycles. The van der Waals surface area contributed by atoms with Gasteiger partial charge in [-0.1, -0.05) is 13.8 Å². The van der Waals surface area contributed by atoms with Gasteiger partial charge in [0.2, 0.25) is 10.0 Å². The number of aliphatic hydroxyl groups excluding tert-OH is 1. The summed E-state index contributed by atoms with van der Waals surface area (Å²) >= 11 is 3.28. The molecule has 0 atom stereocenters. The number of anilines is 1. The first-order chi connectivity index (χ1) is 8.15. The molecule has 0 radical (unpaired) electrons. The van der Waals surface area contributed by atoms with E-state index in [4.69, 9.17) is 10.2 Å². The van der Waals surface area contributed by atoms with Crippen LogP contribution in [-0.4, -0.2) is 26.7 Å². The largest absolute Gasteiger partial charge is 0.396 e. The Hall–Kier alpha value is -0.630. The minimum absolute atomic E-state index is 0.0568. The molecule has 1 aromatic rings. The highest BCUT2D eigenvalue weighted by atomic mass is 79.9. The maximum absolute atomic E-state index is 11.2. The van der Waals surface area contributed by atoms with Crippen LogP contribution in [0.1, 0.15) is 13.8 Å². The SMILES string of the molecule is CC(C)(CO)CNc1ccc(S(N)(=O)=O)cc1Br. The molecule has 0 spiro atoms.